The summed E-state index contributed by atoms with van der Waals surface area (Å²) in [6.07, 6.45) is 0. The zero-order chi connectivity index (χ0) is 9.97. The number of thiophene rings is 1. The van der Waals surface area contributed by atoms with E-state index in [1.165, 1.54) is 9.75 Å². The number of nitrogens with zero attached hydrogens (tertiary/aromatic N) is 2. The summed E-state index contributed by atoms with van der Waals surface area (Å²) in [5.41, 5.74) is 0. The molecule has 0 atom stereocenters. The van der Waals surface area contributed by atoms with E-state index in [0.717, 1.165) is 6.54 Å². The Morgan fingerprint density at radius 1 is 1.43 bits per heavy atom. The largest absolute Gasteiger partial charge is 0.333 e. The van der Waals surface area contributed by atoms with Gasteiger partial charge in [-0.3, -0.25) is 0 Å². The van der Waals surface area contributed by atoms with Gasteiger partial charge in [0.25, 0.3) is 0 Å². The summed E-state index contributed by atoms with van der Waals surface area (Å²) < 4.78 is 4.93. The number of nitrogens with one attached hydrogen (secondary N) is 1. The molecule has 0 saturated heterocycles. The average Bonchev–Trinajstić information content (AvgIpc) is 2.72. The van der Waals surface area contributed by atoms with Gasteiger partial charge in [-0.05, 0) is 26.0 Å². The Morgan fingerprint density at radius 2 is 2.29 bits per heavy atom. The number of anilines is 1. The first-order chi connectivity index (χ1) is 6.74. The van der Waals surface area contributed by atoms with Gasteiger partial charge in [-0.15, -0.1) is 11.3 Å². The number of hydrogen-bond donors (Lipinski definition) is 1. The van der Waals surface area contributed by atoms with Gasteiger partial charge in [-0.25, -0.2) is 0 Å². The van der Waals surface area contributed by atoms with Crippen molar-refractivity contribution in [2.75, 3.05) is 5.32 Å². The molecule has 0 spiro atoms. The van der Waals surface area contributed by atoms with E-state index in [4.69, 9.17) is 4.52 Å². The molecule has 2 heterocycles. The fourth-order valence-electron chi connectivity index (χ4n) is 1.11. The molecule has 0 aliphatic rings. The van der Waals surface area contributed by atoms with Crippen LogP contribution in [0.2, 0.25) is 0 Å². The molecule has 0 aliphatic carbocycles. The summed E-state index contributed by atoms with van der Waals surface area (Å²) in [5.74, 6) is 0.648. The second-order valence-electron chi connectivity index (χ2n) is 3.01. The molecule has 0 aliphatic heterocycles. The maximum atomic E-state index is 4.93. The van der Waals surface area contributed by atoms with Crippen molar-refractivity contribution in [1.29, 1.82) is 0 Å². The molecule has 4 nitrogen and oxygen atoms in total. The van der Waals surface area contributed by atoms with Gasteiger partial charge in [0.05, 0.1) is 6.54 Å². The topological polar surface area (TPSA) is 51.0 Å². The predicted molar refractivity (Wildman–Crippen MR) is 55.4 cm³/mol. The molecule has 14 heavy (non-hydrogen) atoms. The number of hydrogen-bond acceptors (Lipinski definition) is 5. The second-order valence-corrected chi connectivity index (χ2v) is 4.39. The first-order valence-electron chi connectivity index (χ1n) is 4.33. The molecule has 0 radical (unpaired) electrons. The minimum Gasteiger partial charge on any atom is -0.333 e. The van der Waals surface area contributed by atoms with Crippen LogP contribution in [0, 0.1) is 13.8 Å². The highest BCUT2D eigenvalue weighted by atomic mass is 32.1. The van der Waals surface area contributed by atoms with Crippen LogP contribution in [-0.2, 0) is 6.54 Å². The third kappa shape index (κ3) is 2.11. The normalized spacial score (nSPS) is 10.4. The molecule has 2 aromatic rings. The van der Waals surface area contributed by atoms with Crippen molar-refractivity contribution in [2.45, 2.75) is 20.4 Å². The van der Waals surface area contributed by atoms with Gasteiger partial charge < -0.3 is 9.84 Å². The Balaban J connectivity index is 1.94. The Labute approximate surface area is 86.0 Å². The lowest BCUT2D eigenvalue weighted by Gasteiger charge is -1.96. The maximum absolute atomic E-state index is 4.93. The van der Waals surface area contributed by atoms with E-state index < -0.39 is 0 Å². The monoisotopic (exact) mass is 209 g/mol. The van der Waals surface area contributed by atoms with Gasteiger partial charge >= 0.3 is 6.01 Å². The van der Waals surface area contributed by atoms with E-state index >= 15 is 0 Å². The lowest BCUT2D eigenvalue weighted by molar-refractivity contribution is 0.425. The van der Waals surface area contributed by atoms with Crippen LogP contribution >= 0.6 is 11.3 Å². The molecule has 0 unspecified atom stereocenters. The SMILES string of the molecule is Cc1noc(NCc2ccc(C)s2)n1. The molecular weight excluding hydrogens is 198 g/mol. The molecular formula is C9H11N3OS. The highest BCUT2D eigenvalue weighted by Crippen LogP contribution is 2.16. The van der Waals surface area contributed by atoms with E-state index in [0.29, 0.717) is 11.8 Å². The quantitative estimate of drug-likeness (QED) is 0.843. The fourth-order valence-corrected chi connectivity index (χ4v) is 1.94. The van der Waals surface area contributed by atoms with Crippen LogP contribution in [0.25, 0.3) is 0 Å². The Kier molecular flexibility index (Phi) is 2.49. The van der Waals surface area contributed by atoms with Gasteiger partial charge in [0.2, 0.25) is 0 Å². The molecule has 0 aromatic carbocycles. The molecule has 0 amide bonds. The Bertz CT molecular complexity index is 381. The van der Waals surface area contributed by atoms with Crippen molar-refractivity contribution in [3.05, 3.63) is 27.7 Å². The summed E-state index contributed by atoms with van der Waals surface area (Å²) in [6, 6.07) is 4.67. The summed E-state index contributed by atoms with van der Waals surface area (Å²) in [5, 5.41) is 6.75. The predicted octanol–water partition coefficient (Wildman–Crippen LogP) is 2.36. The zero-order valence-electron chi connectivity index (χ0n) is 8.07. The number of aryl methyl sites for hydroxylation is 2. The van der Waals surface area contributed by atoms with Crippen molar-refractivity contribution >= 4 is 17.4 Å². The first kappa shape index (κ1) is 9.21. The van der Waals surface area contributed by atoms with Crippen molar-refractivity contribution in [3.63, 3.8) is 0 Å². The van der Waals surface area contributed by atoms with E-state index in [-0.39, 0.29) is 0 Å². The van der Waals surface area contributed by atoms with Gasteiger partial charge in [-0.1, -0.05) is 5.16 Å². The zero-order valence-corrected chi connectivity index (χ0v) is 8.89. The molecule has 0 fully saturated rings. The van der Waals surface area contributed by atoms with Crippen molar-refractivity contribution in [3.8, 4) is 0 Å². The van der Waals surface area contributed by atoms with Crippen molar-refractivity contribution < 1.29 is 4.52 Å². The van der Waals surface area contributed by atoms with E-state index in [1.807, 2.05) is 0 Å². The third-order valence-corrected chi connectivity index (χ3v) is 2.74. The molecule has 0 bridgehead atoms. The molecule has 74 valence electrons. The molecule has 0 saturated carbocycles. The molecule has 5 heteroatoms. The van der Waals surface area contributed by atoms with Crippen LogP contribution < -0.4 is 5.32 Å². The van der Waals surface area contributed by atoms with Gasteiger partial charge in [0.1, 0.15) is 0 Å². The third-order valence-electron chi connectivity index (χ3n) is 1.74. The second kappa shape index (κ2) is 3.79. The summed E-state index contributed by atoms with van der Waals surface area (Å²) in [6.45, 7) is 4.62. The van der Waals surface area contributed by atoms with Crippen LogP contribution in [0.3, 0.4) is 0 Å². The van der Waals surface area contributed by atoms with Gasteiger partial charge in [0, 0.05) is 9.75 Å². The Hall–Kier alpha value is -1.36. The number of aromatic nitrogens is 2. The van der Waals surface area contributed by atoms with Crippen LogP contribution in [-0.4, -0.2) is 10.1 Å². The van der Waals surface area contributed by atoms with Crippen LogP contribution in [0.1, 0.15) is 15.6 Å². The standard InChI is InChI=1S/C9H11N3OS/c1-6-3-4-8(14-6)5-10-9-11-7(2)12-13-9/h3-4H,5H2,1-2H3,(H,10,11,12). The lowest BCUT2D eigenvalue weighted by atomic mass is 10.4. The van der Waals surface area contributed by atoms with Crippen molar-refractivity contribution in [1.82, 2.24) is 10.1 Å². The van der Waals surface area contributed by atoms with E-state index in [9.17, 15) is 0 Å². The van der Waals surface area contributed by atoms with Crippen molar-refractivity contribution in [2.24, 2.45) is 0 Å². The van der Waals surface area contributed by atoms with E-state index in [1.54, 1.807) is 18.3 Å². The molecule has 1 N–H and O–H groups in total. The van der Waals surface area contributed by atoms with Gasteiger partial charge in [0.15, 0.2) is 5.82 Å². The average molecular weight is 209 g/mol. The van der Waals surface area contributed by atoms with Crippen LogP contribution in [0.4, 0.5) is 6.01 Å². The maximum Gasteiger partial charge on any atom is 0.321 e. The lowest BCUT2D eigenvalue weighted by Crippen LogP contribution is -1.97. The number of rotatable bonds is 3. The summed E-state index contributed by atoms with van der Waals surface area (Å²) in [7, 11) is 0. The summed E-state index contributed by atoms with van der Waals surface area (Å²) in [4.78, 5) is 6.62. The van der Waals surface area contributed by atoms with Gasteiger partial charge in [-0.2, -0.15) is 4.98 Å². The summed E-state index contributed by atoms with van der Waals surface area (Å²) >= 11 is 1.76. The van der Waals surface area contributed by atoms with Crippen LogP contribution in [0.5, 0.6) is 0 Å². The highest BCUT2D eigenvalue weighted by Gasteiger charge is 2.02. The van der Waals surface area contributed by atoms with Crippen LogP contribution in [0.15, 0.2) is 16.7 Å². The highest BCUT2D eigenvalue weighted by molar-refractivity contribution is 7.11. The molecule has 2 aromatic heterocycles. The van der Waals surface area contributed by atoms with E-state index in [2.05, 4.69) is 34.5 Å². The Morgan fingerprint density at radius 3 is 2.86 bits per heavy atom. The minimum atomic E-state index is 0.480. The molecule has 2 rings (SSSR count). The first-order valence-corrected chi connectivity index (χ1v) is 5.15. The minimum absolute atomic E-state index is 0.480. The smallest absolute Gasteiger partial charge is 0.321 e. The fraction of sp³-hybridized carbons (Fsp3) is 0.333.